The smallest absolute Gasteiger partial charge is 0.340 e. The van der Waals surface area contributed by atoms with Crippen molar-refractivity contribution in [1.82, 2.24) is 0 Å². The van der Waals surface area contributed by atoms with Gasteiger partial charge in [0.1, 0.15) is 5.82 Å². The number of esters is 1. The van der Waals surface area contributed by atoms with Crippen LogP contribution in [0, 0.1) is 5.82 Å². The van der Waals surface area contributed by atoms with Crippen LogP contribution >= 0.6 is 22.3 Å². The molecule has 0 aliphatic heterocycles. The van der Waals surface area contributed by atoms with E-state index in [0.29, 0.717) is 12.5 Å². The largest absolute Gasteiger partial charge is 0.459 e. The molecule has 8 heteroatoms. The molecule has 0 fully saturated rings. The average Bonchev–Trinajstić information content (AvgIpc) is 2.31. The predicted octanol–water partition coefficient (Wildman–Crippen LogP) is 3.75. The van der Waals surface area contributed by atoms with Gasteiger partial charge in [0.2, 0.25) is 0 Å². The lowest BCUT2D eigenvalue weighted by Gasteiger charge is -2.13. The summed E-state index contributed by atoms with van der Waals surface area (Å²) in [6, 6.07) is 1.55. The number of hydrogen-bond donors (Lipinski definition) is 0. The Bertz CT molecular complexity index is 616. The van der Waals surface area contributed by atoms with Crippen LogP contribution in [0.15, 0.2) is 17.0 Å². The van der Waals surface area contributed by atoms with Crippen molar-refractivity contribution in [2.75, 3.05) is 0 Å². The molecule has 0 radical (unpaired) electrons. The molecule has 0 amide bonds. The highest BCUT2D eigenvalue weighted by Gasteiger charge is 2.22. The third-order valence-electron chi connectivity index (χ3n) is 2.51. The van der Waals surface area contributed by atoms with Crippen LogP contribution < -0.4 is 0 Å². The minimum Gasteiger partial charge on any atom is -0.459 e. The van der Waals surface area contributed by atoms with Crippen LogP contribution in [0.25, 0.3) is 0 Å². The number of carbonyl (C=O) groups is 1. The number of rotatable bonds is 5. The molecule has 0 heterocycles. The summed E-state index contributed by atoms with van der Waals surface area (Å²) in [6.45, 7) is 3.59. The average molecular weight is 343 g/mol. The van der Waals surface area contributed by atoms with Crippen LogP contribution in [0.1, 0.15) is 37.0 Å². The quantitative estimate of drug-likeness (QED) is 0.603. The summed E-state index contributed by atoms with van der Waals surface area (Å²) < 4.78 is 41.0. The van der Waals surface area contributed by atoms with Crippen molar-refractivity contribution in [1.29, 1.82) is 0 Å². The fraction of sp³-hybridized carbons (Fsp3) is 0.417. The topological polar surface area (TPSA) is 60.4 Å². The Kier molecular flexibility index (Phi) is 5.79. The van der Waals surface area contributed by atoms with E-state index in [2.05, 4.69) is 0 Å². The summed E-state index contributed by atoms with van der Waals surface area (Å²) in [7, 11) is 0.954. The van der Waals surface area contributed by atoms with Crippen LogP contribution in [0.5, 0.6) is 0 Å². The molecular weight excluding hydrogens is 330 g/mol. The van der Waals surface area contributed by atoms with E-state index >= 15 is 0 Å². The van der Waals surface area contributed by atoms with Gasteiger partial charge in [0.05, 0.1) is 21.6 Å². The highest BCUT2D eigenvalue weighted by atomic mass is 35.7. The first-order valence-electron chi connectivity index (χ1n) is 5.81. The molecule has 20 heavy (non-hydrogen) atoms. The molecule has 1 atom stereocenters. The zero-order chi connectivity index (χ0) is 15.5. The molecule has 0 spiro atoms. The normalized spacial score (nSPS) is 13.1. The lowest BCUT2D eigenvalue weighted by Crippen LogP contribution is -2.16. The van der Waals surface area contributed by atoms with Crippen LogP contribution in [0.4, 0.5) is 4.39 Å². The second kappa shape index (κ2) is 6.74. The lowest BCUT2D eigenvalue weighted by atomic mass is 10.2. The zero-order valence-electron chi connectivity index (χ0n) is 10.8. The Labute approximate surface area is 126 Å². The molecule has 1 rings (SSSR count). The molecule has 1 aromatic carbocycles. The number of halogens is 3. The van der Waals surface area contributed by atoms with E-state index in [1.165, 1.54) is 0 Å². The zero-order valence-corrected chi connectivity index (χ0v) is 13.1. The molecule has 4 nitrogen and oxygen atoms in total. The number of ether oxygens (including phenoxy) is 1. The number of carbonyl (C=O) groups excluding carboxylic acids is 1. The first-order valence-corrected chi connectivity index (χ1v) is 8.50. The first-order chi connectivity index (χ1) is 9.16. The van der Waals surface area contributed by atoms with Crippen molar-refractivity contribution in [2.24, 2.45) is 0 Å². The van der Waals surface area contributed by atoms with Crippen molar-refractivity contribution in [2.45, 2.75) is 37.7 Å². The standard InChI is InChI=1S/C12H13Cl2FO4S/c1-3-4-7(2)19-12(16)9-5-8(20(14,17)18)6-10(15)11(9)13/h5-7H,3-4H2,1-2H3. The van der Waals surface area contributed by atoms with E-state index in [1.54, 1.807) is 6.92 Å². The molecule has 112 valence electrons. The summed E-state index contributed by atoms with van der Waals surface area (Å²) in [6.07, 6.45) is 1.04. The first kappa shape index (κ1) is 17.2. The van der Waals surface area contributed by atoms with Gasteiger partial charge in [-0.1, -0.05) is 24.9 Å². The molecule has 0 saturated heterocycles. The van der Waals surface area contributed by atoms with E-state index in [0.717, 1.165) is 12.5 Å². The Morgan fingerprint density at radius 2 is 2.05 bits per heavy atom. The summed E-state index contributed by atoms with van der Waals surface area (Å²) in [5.74, 6) is -1.94. The van der Waals surface area contributed by atoms with E-state index in [9.17, 15) is 17.6 Å². The van der Waals surface area contributed by atoms with Gasteiger partial charge in [-0.05, 0) is 25.5 Å². The second-order valence-electron chi connectivity index (χ2n) is 4.21. The highest BCUT2D eigenvalue weighted by Crippen LogP contribution is 2.27. The van der Waals surface area contributed by atoms with Gasteiger partial charge in [0.25, 0.3) is 9.05 Å². The summed E-state index contributed by atoms with van der Waals surface area (Å²) >= 11 is 5.66. The van der Waals surface area contributed by atoms with Gasteiger partial charge in [0, 0.05) is 10.7 Å². The Hall–Kier alpha value is -0.850. The molecule has 1 unspecified atom stereocenters. The van der Waals surface area contributed by atoms with Crippen LogP contribution in [-0.2, 0) is 13.8 Å². The van der Waals surface area contributed by atoms with E-state index in [4.69, 9.17) is 27.0 Å². The number of benzene rings is 1. The second-order valence-corrected chi connectivity index (χ2v) is 7.15. The van der Waals surface area contributed by atoms with Crippen molar-refractivity contribution < 1.29 is 22.3 Å². The van der Waals surface area contributed by atoms with Gasteiger partial charge < -0.3 is 4.74 Å². The van der Waals surface area contributed by atoms with Gasteiger partial charge in [-0.15, -0.1) is 0 Å². The van der Waals surface area contributed by atoms with E-state index in [-0.39, 0.29) is 11.7 Å². The molecule has 0 aliphatic rings. The Morgan fingerprint density at radius 3 is 2.55 bits per heavy atom. The summed E-state index contributed by atoms with van der Waals surface area (Å²) in [5.41, 5.74) is -0.367. The summed E-state index contributed by atoms with van der Waals surface area (Å²) in [4.78, 5) is 11.3. The monoisotopic (exact) mass is 342 g/mol. The Balaban J connectivity index is 3.17. The molecule has 0 bridgehead atoms. The van der Waals surface area contributed by atoms with Gasteiger partial charge >= 0.3 is 5.97 Å². The molecular formula is C12H13Cl2FO4S. The Morgan fingerprint density at radius 1 is 1.45 bits per heavy atom. The van der Waals surface area contributed by atoms with Crippen LogP contribution in [0.2, 0.25) is 5.02 Å². The molecule has 0 aromatic heterocycles. The molecule has 0 aliphatic carbocycles. The third kappa shape index (κ3) is 4.33. The lowest BCUT2D eigenvalue weighted by molar-refractivity contribution is 0.0323. The molecule has 0 N–H and O–H groups in total. The van der Waals surface area contributed by atoms with Crippen LogP contribution in [0.3, 0.4) is 0 Å². The third-order valence-corrected chi connectivity index (χ3v) is 4.22. The fourth-order valence-electron chi connectivity index (χ4n) is 1.57. The van der Waals surface area contributed by atoms with Crippen molar-refractivity contribution in [3.05, 3.63) is 28.5 Å². The predicted molar refractivity (Wildman–Crippen MR) is 74.2 cm³/mol. The maximum atomic E-state index is 13.6. The SMILES string of the molecule is CCCC(C)OC(=O)c1cc(S(=O)(=O)Cl)cc(F)c1Cl. The van der Waals surface area contributed by atoms with E-state index < -0.39 is 30.8 Å². The number of hydrogen-bond acceptors (Lipinski definition) is 4. The van der Waals surface area contributed by atoms with Gasteiger partial charge in [0.15, 0.2) is 0 Å². The van der Waals surface area contributed by atoms with Crippen molar-refractivity contribution in [3.8, 4) is 0 Å². The van der Waals surface area contributed by atoms with Gasteiger partial charge in [-0.25, -0.2) is 17.6 Å². The fourth-order valence-corrected chi connectivity index (χ4v) is 2.52. The van der Waals surface area contributed by atoms with Crippen molar-refractivity contribution in [3.63, 3.8) is 0 Å². The van der Waals surface area contributed by atoms with Crippen molar-refractivity contribution >= 4 is 37.3 Å². The van der Waals surface area contributed by atoms with Gasteiger partial charge in [-0.3, -0.25) is 0 Å². The van der Waals surface area contributed by atoms with Crippen LogP contribution in [-0.4, -0.2) is 20.5 Å². The summed E-state index contributed by atoms with van der Waals surface area (Å²) in [5, 5.41) is -0.497. The molecule has 1 aromatic rings. The highest BCUT2D eigenvalue weighted by molar-refractivity contribution is 8.13. The van der Waals surface area contributed by atoms with Gasteiger partial charge in [-0.2, -0.15) is 0 Å². The minimum atomic E-state index is -4.17. The molecule has 0 saturated carbocycles. The van der Waals surface area contributed by atoms with E-state index in [1.807, 2.05) is 6.92 Å². The maximum absolute atomic E-state index is 13.6. The maximum Gasteiger partial charge on any atom is 0.340 e. The minimum absolute atomic E-state index is 0.367.